The number of nitrogens with zero attached hydrogens (tertiary/aromatic N) is 3. The van der Waals surface area contributed by atoms with E-state index in [9.17, 15) is 0 Å². The minimum Gasteiger partial charge on any atom is -0.378 e. The maximum atomic E-state index is 5.58. The number of aromatic nitrogens is 4. The van der Waals surface area contributed by atoms with Gasteiger partial charge >= 0.3 is 0 Å². The summed E-state index contributed by atoms with van der Waals surface area (Å²) < 4.78 is 11.0. The number of nitrogens with one attached hydrogen (secondary N) is 3. The van der Waals surface area contributed by atoms with Gasteiger partial charge in [0.25, 0.3) is 0 Å². The molecule has 2 aromatic rings. The van der Waals surface area contributed by atoms with Gasteiger partial charge in [-0.3, -0.25) is 10.5 Å². The van der Waals surface area contributed by atoms with Crippen LogP contribution in [0.5, 0.6) is 0 Å². The van der Waals surface area contributed by atoms with Crippen LogP contribution in [-0.4, -0.2) is 52.6 Å². The molecular weight excluding hydrogens is 262 g/mol. The van der Waals surface area contributed by atoms with Crippen molar-refractivity contribution in [3.05, 3.63) is 6.20 Å². The molecule has 9 nitrogen and oxygen atoms in total. The molecule has 0 aliphatic carbocycles. The van der Waals surface area contributed by atoms with Crippen LogP contribution in [0.25, 0.3) is 11.0 Å². The van der Waals surface area contributed by atoms with E-state index in [-0.39, 0.29) is 5.60 Å². The van der Waals surface area contributed by atoms with E-state index in [1.54, 1.807) is 13.3 Å². The maximum Gasteiger partial charge on any atom is 0.241 e. The molecule has 1 unspecified atom stereocenters. The summed E-state index contributed by atoms with van der Waals surface area (Å²) in [5, 5.41) is 10.8. The lowest BCUT2D eigenvalue weighted by atomic mass is 10.0. The zero-order chi connectivity index (χ0) is 14.0. The van der Waals surface area contributed by atoms with Gasteiger partial charge in [-0.2, -0.15) is 15.1 Å². The second kappa shape index (κ2) is 5.19. The van der Waals surface area contributed by atoms with E-state index in [1.165, 1.54) is 0 Å². The Morgan fingerprint density at radius 2 is 2.45 bits per heavy atom. The number of anilines is 2. The largest absolute Gasteiger partial charge is 0.378 e. The van der Waals surface area contributed by atoms with Crippen molar-refractivity contribution in [2.45, 2.75) is 12.0 Å². The van der Waals surface area contributed by atoms with Crippen molar-refractivity contribution >= 4 is 22.8 Å². The standard InChI is InChI=1S/C11H17N7O2/c1-19-11(2-3-20-6-11)5-13-8-7-4-14-18-9(7)16-10(15-8)17-12/h4H,2-3,5-6,12H2,1H3,(H3,13,14,15,16,17,18). The molecule has 3 heterocycles. The number of rotatable bonds is 5. The smallest absolute Gasteiger partial charge is 0.241 e. The van der Waals surface area contributed by atoms with Crippen LogP contribution in [-0.2, 0) is 9.47 Å². The second-order valence-corrected chi connectivity index (χ2v) is 4.72. The van der Waals surface area contributed by atoms with Crippen LogP contribution in [0.3, 0.4) is 0 Å². The molecule has 20 heavy (non-hydrogen) atoms. The third-order valence-corrected chi connectivity index (χ3v) is 3.52. The van der Waals surface area contributed by atoms with Gasteiger partial charge in [0.2, 0.25) is 5.95 Å². The normalized spacial score (nSPS) is 22.3. The number of methoxy groups -OCH3 is 1. The summed E-state index contributed by atoms with van der Waals surface area (Å²) >= 11 is 0. The summed E-state index contributed by atoms with van der Waals surface area (Å²) in [6.45, 7) is 1.86. The average Bonchev–Trinajstić information content (AvgIpc) is 3.14. The van der Waals surface area contributed by atoms with Gasteiger partial charge in [-0.1, -0.05) is 0 Å². The van der Waals surface area contributed by atoms with E-state index < -0.39 is 0 Å². The van der Waals surface area contributed by atoms with Crippen molar-refractivity contribution in [3.63, 3.8) is 0 Å². The molecule has 5 N–H and O–H groups in total. The Hall–Kier alpha value is -1.97. The van der Waals surface area contributed by atoms with Crippen molar-refractivity contribution in [2.24, 2.45) is 5.84 Å². The molecule has 3 rings (SSSR count). The SMILES string of the molecule is COC1(CNc2nc(NN)nc3[nH]ncc23)CCOC1. The summed E-state index contributed by atoms with van der Waals surface area (Å²) in [4.78, 5) is 8.47. The van der Waals surface area contributed by atoms with E-state index in [4.69, 9.17) is 15.3 Å². The molecule has 0 amide bonds. The summed E-state index contributed by atoms with van der Waals surface area (Å²) in [5.41, 5.74) is 2.73. The number of fused-ring (bicyclic) bond motifs is 1. The average molecular weight is 279 g/mol. The van der Waals surface area contributed by atoms with Crippen molar-refractivity contribution < 1.29 is 9.47 Å². The Kier molecular flexibility index (Phi) is 3.38. The lowest BCUT2D eigenvalue weighted by Crippen LogP contribution is -2.39. The predicted molar refractivity (Wildman–Crippen MR) is 73.2 cm³/mol. The van der Waals surface area contributed by atoms with E-state index in [0.717, 1.165) is 11.8 Å². The number of H-pyrrole nitrogens is 1. The van der Waals surface area contributed by atoms with Crippen LogP contribution in [0, 0.1) is 0 Å². The lowest BCUT2D eigenvalue weighted by molar-refractivity contribution is -0.00623. The zero-order valence-electron chi connectivity index (χ0n) is 11.1. The van der Waals surface area contributed by atoms with Gasteiger partial charge in [0, 0.05) is 26.7 Å². The quantitative estimate of drug-likeness (QED) is 0.440. The number of nitrogen functional groups attached to an aromatic ring is 1. The van der Waals surface area contributed by atoms with Gasteiger partial charge < -0.3 is 14.8 Å². The molecular formula is C11H17N7O2. The van der Waals surface area contributed by atoms with Crippen molar-refractivity contribution in [1.29, 1.82) is 0 Å². The Balaban J connectivity index is 1.84. The Morgan fingerprint density at radius 3 is 3.15 bits per heavy atom. The lowest BCUT2D eigenvalue weighted by Gasteiger charge is -2.26. The first-order valence-corrected chi connectivity index (χ1v) is 6.31. The minimum absolute atomic E-state index is 0.318. The summed E-state index contributed by atoms with van der Waals surface area (Å²) in [5.74, 6) is 6.34. The number of aromatic amines is 1. The summed E-state index contributed by atoms with van der Waals surface area (Å²) in [6, 6.07) is 0. The van der Waals surface area contributed by atoms with Gasteiger partial charge in [0.05, 0.1) is 18.2 Å². The molecule has 0 radical (unpaired) electrons. The molecule has 0 bridgehead atoms. The molecule has 1 fully saturated rings. The fourth-order valence-electron chi connectivity index (χ4n) is 2.24. The summed E-state index contributed by atoms with van der Waals surface area (Å²) in [6.07, 6.45) is 2.51. The highest BCUT2D eigenvalue weighted by atomic mass is 16.5. The summed E-state index contributed by atoms with van der Waals surface area (Å²) in [7, 11) is 1.69. The number of nitrogens with two attached hydrogens (primary N) is 1. The minimum atomic E-state index is -0.322. The molecule has 1 atom stereocenters. The van der Waals surface area contributed by atoms with E-state index in [2.05, 4.69) is 30.9 Å². The van der Waals surface area contributed by atoms with Crippen LogP contribution in [0.15, 0.2) is 6.20 Å². The first kappa shape index (κ1) is 13.0. The first-order chi connectivity index (χ1) is 9.76. The second-order valence-electron chi connectivity index (χ2n) is 4.72. The highest BCUT2D eigenvalue weighted by Gasteiger charge is 2.35. The van der Waals surface area contributed by atoms with E-state index in [1.807, 2.05) is 0 Å². The topological polar surface area (TPSA) is 123 Å². The maximum absolute atomic E-state index is 5.58. The third-order valence-electron chi connectivity index (χ3n) is 3.52. The fourth-order valence-corrected chi connectivity index (χ4v) is 2.24. The number of hydrogen-bond acceptors (Lipinski definition) is 8. The van der Waals surface area contributed by atoms with Crippen molar-refractivity contribution in [1.82, 2.24) is 20.2 Å². The third kappa shape index (κ3) is 2.26. The molecule has 1 saturated heterocycles. The molecule has 1 aliphatic rings. The van der Waals surface area contributed by atoms with Gasteiger partial charge in [-0.15, -0.1) is 0 Å². The molecule has 1 aliphatic heterocycles. The first-order valence-electron chi connectivity index (χ1n) is 6.31. The van der Waals surface area contributed by atoms with Crippen LogP contribution >= 0.6 is 0 Å². The number of ether oxygens (including phenoxy) is 2. The number of hydrogen-bond donors (Lipinski definition) is 4. The Labute approximate surface area is 115 Å². The molecule has 108 valence electrons. The van der Waals surface area contributed by atoms with E-state index >= 15 is 0 Å². The van der Waals surface area contributed by atoms with Crippen molar-refractivity contribution in [3.8, 4) is 0 Å². The van der Waals surface area contributed by atoms with Gasteiger partial charge in [-0.05, 0) is 0 Å². The van der Waals surface area contributed by atoms with Crippen molar-refractivity contribution in [2.75, 3.05) is 37.6 Å². The molecule has 0 aromatic carbocycles. The monoisotopic (exact) mass is 279 g/mol. The van der Waals surface area contributed by atoms with Gasteiger partial charge in [0.15, 0.2) is 5.65 Å². The fraction of sp³-hybridized carbons (Fsp3) is 0.545. The van der Waals surface area contributed by atoms with E-state index in [0.29, 0.717) is 37.2 Å². The zero-order valence-corrected chi connectivity index (χ0v) is 11.1. The molecule has 2 aromatic heterocycles. The van der Waals surface area contributed by atoms with Crippen LogP contribution in [0.4, 0.5) is 11.8 Å². The highest BCUT2D eigenvalue weighted by molar-refractivity contribution is 5.86. The van der Waals surface area contributed by atoms with Crippen LogP contribution in [0.2, 0.25) is 0 Å². The molecule has 0 saturated carbocycles. The molecule has 0 spiro atoms. The van der Waals surface area contributed by atoms with Gasteiger partial charge in [0.1, 0.15) is 11.4 Å². The Bertz CT molecular complexity index is 593. The Morgan fingerprint density at radius 1 is 1.55 bits per heavy atom. The number of hydrazine groups is 1. The highest BCUT2D eigenvalue weighted by Crippen LogP contribution is 2.25. The van der Waals surface area contributed by atoms with Crippen LogP contribution < -0.4 is 16.6 Å². The molecule has 9 heteroatoms. The predicted octanol–water partition coefficient (Wildman–Crippen LogP) is -0.144. The van der Waals surface area contributed by atoms with Crippen LogP contribution in [0.1, 0.15) is 6.42 Å². The van der Waals surface area contributed by atoms with Gasteiger partial charge in [-0.25, -0.2) is 5.84 Å².